The second-order valence-electron chi connectivity index (χ2n) is 6.87. The Balaban J connectivity index is 1.40. The van der Waals surface area contributed by atoms with Crippen molar-refractivity contribution in [1.82, 2.24) is 14.9 Å². The Morgan fingerprint density at radius 2 is 1.73 bits per heavy atom. The molecule has 0 radical (unpaired) electrons. The molecule has 0 bridgehead atoms. The number of aryl methyl sites for hydroxylation is 1. The second-order valence-corrected chi connectivity index (χ2v) is 8.09. The zero-order valence-electron chi connectivity index (χ0n) is 13.5. The maximum atomic E-state index is 4.85. The van der Waals surface area contributed by atoms with E-state index in [9.17, 15) is 0 Å². The molecule has 2 aliphatic heterocycles. The molecule has 1 aromatic rings. The number of hydrogen-bond donors (Lipinski definition) is 0. The Hall–Kier alpha value is -0.810. The summed E-state index contributed by atoms with van der Waals surface area (Å²) in [7, 11) is 0. The quantitative estimate of drug-likeness (QED) is 0.855. The van der Waals surface area contributed by atoms with Crippen LogP contribution >= 0.6 is 11.8 Å². The van der Waals surface area contributed by atoms with Gasteiger partial charge >= 0.3 is 0 Å². The number of aromatic nitrogens is 2. The Kier molecular flexibility index (Phi) is 4.27. The molecule has 4 nitrogen and oxygen atoms in total. The number of nitrogens with zero attached hydrogens (tertiary/aromatic N) is 4. The Morgan fingerprint density at radius 1 is 1.00 bits per heavy atom. The molecule has 0 amide bonds. The fourth-order valence-corrected chi connectivity index (χ4v) is 4.59. The number of piperidine rings is 1. The van der Waals surface area contributed by atoms with Gasteiger partial charge in [0.15, 0.2) is 0 Å². The highest BCUT2D eigenvalue weighted by atomic mass is 32.2. The van der Waals surface area contributed by atoms with E-state index < -0.39 is 0 Å². The van der Waals surface area contributed by atoms with Crippen LogP contribution < -0.4 is 4.90 Å². The summed E-state index contributed by atoms with van der Waals surface area (Å²) >= 11 is 2.10. The highest BCUT2D eigenvalue weighted by Gasteiger charge is 2.29. The first-order valence-corrected chi connectivity index (χ1v) is 9.87. The molecular formula is C17H26N4S. The summed E-state index contributed by atoms with van der Waals surface area (Å²) in [6.07, 6.45) is 5.12. The van der Waals surface area contributed by atoms with E-state index in [-0.39, 0.29) is 0 Å². The third-order valence-corrected chi connectivity index (χ3v) is 6.09. The summed E-state index contributed by atoms with van der Waals surface area (Å²) in [5, 5.41) is 0. The van der Waals surface area contributed by atoms with Crippen LogP contribution in [0.3, 0.4) is 0 Å². The van der Waals surface area contributed by atoms with E-state index in [4.69, 9.17) is 4.98 Å². The second kappa shape index (κ2) is 6.36. The summed E-state index contributed by atoms with van der Waals surface area (Å²) < 4.78 is 0. The van der Waals surface area contributed by atoms with Gasteiger partial charge in [0.1, 0.15) is 11.6 Å². The van der Waals surface area contributed by atoms with Crippen molar-refractivity contribution < 1.29 is 0 Å². The van der Waals surface area contributed by atoms with Gasteiger partial charge in [-0.05, 0) is 32.6 Å². The standard InChI is InChI=1S/C17H26N4S/c1-13-12-16(19-17(18-13)14-2-3-14)21-6-4-15(5-7-21)20-8-10-22-11-9-20/h12,14-15H,2-11H2,1H3. The number of hydrogen-bond acceptors (Lipinski definition) is 5. The zero-order valence-corrected chi connectivity index (χ0v) is 14.3. The van der Waals surface area contributed by atoms with E-state index in [1.807, 2.05) is 0 Å². The van der Waals surface area contributed by atoms with E-state index in [1.165, 1.54) is 56.1 Å². The fraction of sp³-hybridized carbons (Fsp3) is 0.765. The van der Waals surface area contributed by atoms with Crippen molar-refractivity contribution in [2.45, 2.75) is 44.6 Å². The summed E-state index contributed by atoms with van der Waals surface area (Å²) in [5.74, 6) is 5.53. The largest absolute Gasteiger partial charge is 0.356 e. The van der Waals surface area contributed by atoms with Crippen LogP contribution in [0.25, 0.3) is 0 Å². The van der Waals surface area contributed by atoms with E-state index in [2.05, 4.69) is 39.5 Å². The summed E-state index contributed by atoms with van der Waals surface area (Å²) in [6, 6.07) is 2.96. The Labute approximate surface area is 137 Å². The van der Waals surface area contributed by atoms with Crippen LogP contribution in [0.1, 0.15) is 43.1 Å². The topological polar surface area (TPSA) is 32.3 Å². The summed E-state index contributed by atoms with van der Waals surface area (Å²) in [5.41, 5.74) is 1.13. The van der Waals surface area contributed by atoms with Gasteiger partial charge in [-0.25, -0.2) is 9.97 Å². The van der Waals surface area contributed by atoms with Crippen LogP contribution in [0, 0.1) is 6.92 Å². The van der Waals surface area contributed by atoms with Gasteiger partial charge in [-0.3, -0.25) is 4.90 Å². The average Bonchev–Trinajstić information content (AvgIpc) is 3.40. The fourth-order valence-electron chi connectivity index (χ4n) is 3.66. The monoisotopic (exact) mass is 318 g/mol. The lowest BCUT2D eigenvalue weighted by atomic mass is 10.0. The van der Waals surface area contributed by atoms with Gasteiger partial charge in [0, 0.05) is 61.4 Å². The molecule has 1 aliphatic carbocycles. The van der Waals surface area contributed by atoms with E-state index in [1.54, 1.807) is 0 Å². The van der Waals surface area contributed by atoms with Gasteiger partial charge in [0.2, 0.25) is 0 Å². The van der Waals surface area contributed by atoms with Crippen molar-refractivity contribution in [3.63, 3.8) is 0 Å². The maximum Gasteiger partial charge on any atom is 0.134 e. The van der Waals surface area contributed by atoms with Crippen molar-refractivity contribution >= 4 is 17.6 Å². The highest BCUT2D eigenvalue weighted by Crippen LogP contribution is 2.38. The highest BCUT2D eigenvalue weighted by molar-refractivity contribution is 7.99. The Bertz CT molecular complexity index is 517. The minimum atomic E-state index is 0.641. The number of rotatable bonds is 3. The van der Waals surface area contributed by atoms with Gasteiger partial charge in [-0.15, -0.1) is 0 Å². The zero-order chi connectivity index (χ0) is 14.9. The van der Waals surface area contributed by atoms with Crippen LogP contribution in [-0.4, -0.2) is 58.6 Å². The molecule has 0 atom stereocenters. The molecule has 120 valence electrons. The molecule has 0 N–H and O–H groups in total. The minimum Gasteiger partial charge on any atom is -0.356 e. The molecule has 0 spiro atoms. The van der Waals surface area contributed by atoms with Crippen LogP contribution in [0.2, 0.25) is 0 Å². The van der Waals surface area contributed by atoms with Crippen LogP contribution in [-0.2, 0) is 0 Å². The van der Waals surface area contributed by atoms with Gasteiger partial charge in [-0.1, -0.05) is 0 Å². The molecule has 1 saturated carbocycles. The van der Waals surface area contributed by atoms with Crippen LogP contribution in [0.15, 0.2) is 6.07 Å². The molecule has 3 heterocycles. The normalized spacial score (nSPS) is 24.7. The third kappa shape index (κ3) is 3.25. The molecule has 2 saturated heterocycles. The van der Waals surface area contributed by atoms with Crippen molar-refractivity contribution in [3.8, 4) is 0 Å². The molecule has 3 aliphatic rings. The van der Waals surface area contributed by atoms with Crippen molar-refractivity contribution in [1.29, 1.82) is 0 Å². The molecule has 0 unspecified atom stereocenters. The average molecular weight is 318 g/mol. The van der Waals surface area contributed by atoms with Gasteiger partial charge < -0.3 is 4.90 Å². The van der Waals surface area contributed by atoms with Crippen LogP contribution in [0.5, 0.6) is 0 Å². The van der Waals surface area contributed by atoms with Crippen molar-refractivity contribution in [2.24, 2.45) is 0 Å². The lowest BCUT2D eigenvalue weighted by molar-refractivity contribution is 0.185. The smallest absolute Gasteiger partial charge is 0.134 e. The molecular weight excluding hydrogens is 292 g/mol. The van der Waals surface area contributed by atoms with Crippen molar-refractivity contribution in [2.75, 3.05) is 42.6 Å². The first-order valence-electron chi connectivity index (χ1n) is 8.72. The predicted molar refractivity (Wildman–Crippen MR) is 92.9 cm³/mol. The predicted octanol–water partition coefficient (Wildman–Crippen LogP) is 2.68. The molecule has 3 fully saturated rings. The maximum absolute atomic E-state index is 4.85. The third-order valence-electron chi connectivity index (χ3n) is 5.15. The van der Waals surface area contributed by atoms with E-state index in [0.29, 0.717) is 5.92 Å². The van der Waals surface area contributed by atoms with Gasteiger partial charge in [0.25, 0.3) is 0 Å². The molecule has 5 heteroatoms. The first kappa shape index (κ1) is 14.8. The first-order chi connectivity index (χ1) is 10.8. The molecule has 1 aromatic heterocycles. The summed E-state index contributed by atoms with van der Waals surface area (Å²) in [4.78, 5) is 14.7. The van der Waals surface area contributed by atoms with E-state index in [0.717, 1.165) is 30.6 Å². The van der Waals surface area contributed by atoms with E-state index >= 15 is 0 Å². The Morgan fingerprint density at radius 3 is 2.41 bits per heavy atom. The molecule has 22 heavy (non-hydrogen) atoms. The lowest BCUT2D eigenvalue weighted by Crippen LogP contribution is -2.48. The summed E-state index contributed by atoms with van der Waals surface area (Å²) in [6.45, 7) is 6.97. The molecule has 4 rings (SSSR count). The number of thioether (sulfide) groups is 1. The van der Waals surface area contributed by atoms with Gasteiger partial charge in [-0.2, -0.15) is 11.8 Å². The van der Waals surface area contributed by atoms with Gasteiger partial charge in [0.05, 0.1) is 0 Å². The lowest BCUT2D eigenvalue weighted by Gasteiger charge is -2.40. The minimum absolute atomic E-state index is 0.641. The van der Waals surface area contributed by atoms with Crippen LogP contribution in [0.4, 0.5) is 5.82 Å². The SMILES string of the molecule is Cc1cc(N2CCC(N3CCSCC3)CC2)nc(C2CC2)n1. The van der Waals surface area contributed by atoms with Crippen molar-refractivity contribution in [3.05, 3.63) is 17.6 Å². The number of anilines is 1. The molecule has 0 aromatic carbocycles.